The molecule has 1 fully saturated rings. The van der Waals surface area contributed by atoms with Crippen LogP contribution < -0.4 is 4.90 Å². The first-order valence-corrected chi connectivity index (χ1v) is 11.0. The van der Waals surface area contributed by atoms with E-state index in [1.54, 1.807) is 22.7 Å². The fraction of sp³-hybridized carbons (Fsp3) is 0.286. The molecule has 0 bridgehead atoms. The summed E-state index contributed by atoms with van der Waals surface area (Å²) in [5.74, 6) is 0.103. The van der Waals surface area contributed by atoms with E-state index in [4.69, 9.17) is 4.98 Å². The smallest absolute Gasteiger partial charge is 0.254 e. The van der Waals surface area contributed by atoms with E-state index in [9.17, 15) is 4.79 Å². The molecule has 5 rings (SSSR count). The number of hydrogen-bond acceptors (Lipinski definition) is 6. The third kappa shape index (κ3) is 2.95. The minimum atomic E-state index is 0.103. The number of piperazine rings is 1. The standard InChI is InChI=1S/C21H20N4OS2/c1-13-3-6-17-19(14(13)2)23-21(28-17)25-9-7-24(8-10-25)20(26)15-4-5-16-18(11-15)27-12-22-16/h3-6,11-12H,7-10H2,1-2H3. The fourth-order valence-corrected chi connectivity index (χ4v) is 5.41. The quantitative estimate of drug-likeness (QED) is 0.490. The molecule has 3 heterocycles. The first-order chi connectivity index (χ1) is 13.6. The Morgan fingerprint density at radius 1 is 1.04 bits per heavy atom. The fourth-order valence-electron chi connectivity index (χ4n) is 3.62. The Kier molecular flexibility index (Phi) is 4.29. The molecule has 5 nitrogen and oxygen atoms in total. The van der Waals surface area contributed by atoms with Gasteiger partial charge in [0, 0.05) is 31.7 Å². The normalized spacial score (nSPS) is 14.9. The van der Waals surface area contributed by atoms with Crippen molar-refractivity contribution in [2.75, 3.05) is 31.1 Å². The number of anilines is 1. The number of aromatic nitrogens is 2. The molecule has 142 valence electrons. The summed E-state index contributed by atoms with van der Waals surface area (Å²) in [6.07, 6.45) is 0. The molecule has 0 N–H and O–H groups in total. The number of hydrogen-bond donors (Lipinski definition) is 0. The van der Waals surface area contributed by atoms with Gasteiger partial charge in [-0.15, -0.1) is 11.3 Å². The Hall–Kier alpha value is -2.51. The molecule has 0 aliphatic carbocycles. The van der Waals surface area contributed by atoms with Gasteiger partial charge in [0.1, 0.15) is 0 Å². The predicted molar refractivity (Wildman–Crippen MR) is 117 cm³/mol. The van der Waals surface area contributed by atoms with Crippen LogP contribution in [0.4, 0.5) is 5.13 Å². The Morgan fingerprint density at radius 3 is 2.68 bits per heavy atom. The van der Waals surface area contributed by atoms with Crippen LogP contribution >= 0.6 is 22.7 Å². The molecule has 0 saturated carbocycles. The molecule has 1 saturated heterocycles. The zero-order chi connectivity index (χ0) is 19.3. The second-order valence-corrected chi connectivity index (χ2v) is 9.06. The molecule has 0 radical (unpaired) electrons. The highest BCUT2D eigenvalue weighted by Gasteiger charge is 2.24. The second kappa shape index (κ2) is 6.83. The summed E-state index contributed by atoms with van der Waals surface area (Å²) in [6.45, 7) is 7.32. The number of rotatable bonds is 2. The molecule has 1 aliphatic rings. The van der Waals surface area contributed by atoms with E-state index in [2.05, 4.69) is 35.9 Å². The van der Waals surface area contributed by atoms with Crippen LogP contribution in [0, 0.1) is 13.8 Å². The molecule has 28 heavy (non-hydrogen) atoms. The summed E-state index contributed by atoms with van der Waals surface area (Å²) in [6, 6.07) is 10.1. The van der Waals surface area contributed by atoms with Gasteiger partial charge in [0.25, 0.3) is 5.91 Å². The number of carbonyl (C=O) groups excluding carboxylic acids is 1. The monoisotopic (exact) mass is 408 g/mol. The molecule has 1 amide bonds. The number of carbonyl (C=O) groups is 1. The van der Waals surface area contributed by atoms with Crippen molar-refractivity contribution in [3.63, 3.8) is 0 Å². The lowest BCUT2D eigenvalue weighted by Crippen LogP contribution is -2.48. The van der Waals surface area contributed by atoms with Gasteiger partial charge in [0.05, 0.1) is 25.9 Å². The first kappa shape index (κ1) is 17.6. The van der Waals surface area contributed by atoms with Crippen molar-refractivity contribution in [3.8, 4) is 0 Å². The molecule has 1 aliphatic heterocycles. The largest absolute Gasteiger partial charge is 0.345 e. The molecule has 2 aromatic carbocycles. The van der Waals surface area contributed by atoms with Crippen molar-refractivity contribution in [2.45, 2.75) is 13.8 Å². The third-order valence-electron chi connectivity index (χ3n) is 5.49. The predicted octanol–water partition coefficient (Wildman–Crippen LogP) is 4.49. The highest BCUT2D eigenvalue weighted by molar-refractivity contribution is 7.22. The Balaban J connectivity index is 1.32. The van der Waals surface area contributed by atoms with Gasteiger partial charge in [-0.1, -0.05) is 17.4 Å². The van der Waals surface area contributed by atoms with E-state index >= 15 is 0 Å². The number of nitrogens with zero attached hydrogens (tertiary/aromatic N) is 4. The van der Waals surface area contributed by atoms with E-state index in [0.29, 0.717) is 13.1 Å². The van der Waals surface area contributed by atoms with Crippen LogP contribution in [0.15, 0.2) is 35.8 Å². The summed E-state index contributed by atoms with van der Waals surface area (Å²) >= 11 is 3.31. The molecule has 0 spiro atoms. The highest BCUT2D eigenvalue weighted by atomic mass is 32.1. The number of amides is 1. The summed E-state index contributed by atoms with van der Waals surface area (Å²) in [5.41, 5.74) is 7.16. The van der Waals surface area contributed by atoms with Crippen LogP contribution in [0.1, 0.15) is 21.5 Å². The molecule has 0 unspecified atom stereocenters. The topological polar surface area (TPSA) is 49.3 Å². The van der Waals surface area contributed by atoms with Crippen LogP contribution in [0.2, 0.25) is 0 Å². The van der Waals surface area contributed by atoms with Gasteiger partial charge in [-0.3, -0.25) is 4.79 Å². The number of thiazole rings is 2. The SMILES string of the molecule is Cc1ccc2sc(N3CCN(C(=O)c4ccc5ncsc5c4)CC3)nc2c1C. The molecular weight excluding hydrogens is 388 g/mol. The maximum atomic E-state index is 12.9. The van der Waals surface area contributed by atoms with Crippen LogP contribution in [0.25, 0.3) is 20.4 Å². The van der Waals surface area contributed by atoms with Gasteiger partial charge in [0.15, 0.2) is 5.13 Å². The van der Waals surface area contributed by atoms with Crippen LogP contribution in [0.5, 0.6) is 0 Å². The molecule has 2 aromatic heterocycles. The Morgan fingerprint density at radius 2 is 1.86 bits per heavy atom. The third-order valence-corrected chi connectivity index (χ3v) is 7.36. The summed E-state index contributed by atoms with van der Waals surface area (Å²) < 4.78 is 2.29. The zero-order valence-corrected chi connectivity index (χ0v) is 17.4. The molecule has 7 heteroatoms. The van der Waals surface area contributed by atoms with Gasteiger partial charge < -0.3 is 9.80 Å². The second-order valence-electron chi connectivity index (χ2n) is 7.16. The minimum Gasteiger partial charge on any atom is -0.345 e. The number of fused-ring (bicyclic) bond motifs is 2. The van der Waals surface area contributed by atoms with Gasteiger partial charge >= 0.3 is 0 Å². The maximum Gasteiger partial charge on any atom is 0.254 e. The van der Waals surface area contributed by atoms with Gasteiger partial charge in [-0.2, -0.15) is 0 Å². The van der Waals surface area contributed by atoms with Crippen LogP contribution in [0.3, 0.4) is 0 Å². The van der Waals surface area contributed by atoms with Crippen LogP contribution in [-0.4, -0.2) is 47.0 Å². The summed E-state index contributed by atoms with van der Waals surface area (Å²) in [5, 5.41) is 1.06. The average molecular weight is 409 g/mol. The van der Waals surface area contributed by atoms with E-state index in [1.165, 1.54) is 15.8 Å². The van der Waals surface area contributed by atoms with Crippen molar-refractivity contribution in [1.82, 2.24) is 14.9 Å². The molecular formula is C21H20N4OS2. The van der Waals surface area contributed by atoms with Gasteiger partial charge in [0.2, 0.25) is 0 Å². The van der Waals surface area contributed by atoms with Crippen LogP contribution in [-0.2, 0) is 0 Å². The minimum absolute atomic E-state index is 0.103. The Bertz CT molecular complexity index is 1190. The lowest BCUT2D eigenvalue weighted by Gasteiger charge is -2.34. The van der Waals surface area contributed by atoms with Gasteiger partial charge in [-0.25, -0.2) is 9.97 Å². The van der Waals surface area contributed by atoms with Crippen molar-refractivity contribution in [2.24, 2.45) is 0 Å². The summed E-state index contributed by atoms with van der Waals surface area (Å²) in [7, 11) is 0. The number of benzene rings is 2. The highest BCUT2D eigenvalue weighted by Crippen LogP contribution is 2.32. The van der Waals surface area contributed by atoms with Crippen molar-refractivity contribution < 1.29 is 4.79 Å². The van der Waals surface area contributed by atoms with Gasteiger partial charge in [-0.05, 0) is 49.2 Å². The average Bonchev–Trinajstić information content (AvgIpc) is 3.37. The Labute approximate surface area is 171 Å². The van der Waals surface area contributed by atoms with E-state index in [0.717, 1.165) is 39.5 Å². The van der Waals surface area contributed by atoms with E-state index < -0.39 is 0 Å². The number of aryl methyl sites for hydroxylation is 2. The lowest BCUT2D eigenvalue weighted by molar-refractivity contribution is 0.0747. The zero-order valence-electron chi connectivity index (χ0n) is 15.8. The van der Waals surface area contributed by atoms with E-state index in [1.807, 2.05) is 28.6 Å². The first-order valence-electron chi connectivity index (χ1n) is 9.34. The molecule has 4 aromatic rings. The van der Waals surface area contributed by atoms with Crippen molar-refractivity contribution in [3.05, 3.63) is 52.5 Å². The van der Waals surface area contributed by atoms with Crippen molar-refractivity contribution in [1.29, 1.82) is 0 Å². The maximum absolute atomic E-state index is 12.9. The lowest BCUT2D eigenvalue weighted by atomic mass is 10.1. The molecule has 0 atom stereocenters. The van der Waals surface area contributed by atoms with Crippen molar-refractivity contribution >= 4 is 54.1 Å². The van der Waals surface area contributed by atoms with E-state index in [-0.39, 0.29) is 5.91 Å². The summed E-state index contributed by atoms with van der Waals surface area (Å²) in [4.78, 5) is 26.3.